The first-order valence-electron chi connectivity index (χ1n) is 13.3. The highest BCUT2D eigenvalue weighted by Crippen LogP contribution is 2.52. The zero-order valence-corrected chi connectivity index (χ0v) is 24.4. The quantitative estimate of drug-likeness (QED) is 0.128. The average Bonchev–Trinajstić information content (AvgIpc) is 3.56. The summed E-state index contributed by atoms with van der Waals surface area (Å²) in [5.74, 6) is 0.646. The molecular formula is C26H37N3O9S2. The molecule has 0 saturated carbocycles. The molecule has 0 aliphatic carbocycles. The van der Waals surface area contributed by atoms with Crippen LogP contribution in [-0.4, -0.2) is 101 Å². The number of esters is 2. The number of nitrogens with zero attached hydrogens (tertiary/aromatic N) is 2. The largest absolute Gasteiger partial charge is 0.465 e. The van der Waals surface area contributed by atoms with E-state index in [1.54, 1.807) is 42.3 Å². The number of ether oxygens (including phenoxy) is 3. The molecule has 1 spiro atoms. The predicted octanol–water partition coefficient (Wildman–Crippen LogP) is 2.07. The molecule has 222 valence electrons. The van der Waals surface area contributed by atoms with E-state index in [1.165, 1.54) is 0 Å². The van der Waals surface area contributed by atoms with E-state index in [-0.39, 0.29) is 43.0 Å². The molecule has 2 heterocycles. The van der Waals surface area contributed by atoms with Gasteiger partial charge in [0.2, 0.25) is 5.91 Å². The highest BCUT2D eigenvalue weighted by atomic mass is 32.2. The molecule has 1 N–H and O–H groups in total. The fraction of sp³-hybridized carbons (Fsp3) is 0.654. The maximum atomic E-state index is 13.7. The summed E-state index contributed by atoms with van der Waals surface area (Å²) in [7, 11) is 0. The third-order valence-electron chi connectivity index (χ3n) is 6.51. The van der Waals surface area contributed by atoms with Gasteiger partial charge < -0.3 is 23.9 Å². The molecule has 2 saturated heterocycles. The fourth-order valence-electron chi connectivity index (χ4n) is 4.65. The third kappa shape index (κ3) is 9.53. The maximum Gasteiger partial charge on any atom is 0.329 e. The second-order valence-electron chi connectivity index (χ2n) is 9.35. The van der Waals surface area contributed by atoms with Crippen LogP contribution in [0.4, 0.5) is 0 Å². The van der Waals surface area contributed by atoms with E-state index in [2.05, 4.69) is 10.2 Å². The summed E-state index contributed by atoms with van der Waals surface area (Å²) >= 11 is 3.50. The minimum atomic E-state index is -0.905. The van der Waals surface area contributed by atoms with Gasteiger partial charge >= 0.3 is 11.9 Å². The van der Waals surface area contributed by atoms with Gasteiger partial charge in [-0.2, -0.15) is 0 Å². The second kappa shape index (κ2) is 16.0. The highest BCUT2D eigenvalue weighted by Gasteiger charge is 2.52. The molecule has 3 atom stereocenters. The molecular weight excluding hydrogens is 562 g/mol. The van der Waals surface area contributed by atoms with E-state index in [0.29, 0.717) is 25.8 Å². The van der Waals surface area contributed by atoms with E-state index in [1.807, 2.05) is 30.3 Å². The van der Waals surface area contributed by atoms with Crippen LogP contribution in [0.25, 0.3) is 0 Å². The molecule has 3 unspecified atom stereocenters. The van der Waals surface area contributed by atoms with Crippen LogP contribution < -0.4 is 5.32 Å². The van der Waals surface area contributed by atoms with E-state index in [9.17, 15) is 24.5 Å². The lowest BCUT2D eigenvalue weighted by Crippen LogP contribution is -2.53. The van der Waals surface area contributed by atoms with Crippen molar-refractivity contribution in [2.75, 3.05) is 51.1 Å². The summed E-state index contributed by atoms with van der Waals surface area (Å²) in [6, 6.07) is 7.58. The Balaban J connectivity index is 1.60. The Morgan fingerprint density at radius 2 is 1.82 bits per heavy atom. The predicted molar refractivity (Wildman–Crippen MR) is 150 cm³/mol. The first-order valence-corrected chi connectivity index (χ1v) is 15.3. The van der Waals surface area contributed by atoms with Crippen molar-refractivity contribution in [3.8, 4) is 0 Å². The highest BCUT2D eigenvalue weighted by molar-refractivity contribution is 8.21. The lowest BCUT2D eigenvalue weighted by Gasteiger charge is -2.29. The summed E-state index contributed by atoms with van der Waals surface area (Å²) in [6.07, 6.45) is 1.55. The number of hydrogen-bond acceptors (Lipinski definition) is 12. The van der Waals surface area contributed by atoms with E-state index >= 15 is 0 Å². The van der Waals surface area contributed by atoms with Gasteiger partial charge in [0.05, 0.1) is 29.9 Å². The van der Waals surface area contributed by atoms with Crippen LogP contribution in [0, 0.1) is 10.1 Å². The van der Waals surface area contributed by atoms with Gasteiger partial charge in [-0.05, 0) is 32.3 Å². The van der Waals surface area contributed by atoms with Gasteiger partial charge in [-0.25, -0.2) is 4.79 Å². The van der Waals surface area contributed by atoms with Crippen molar-refractivity contribution in [3.63, 3.8) is 0 Å². The van der Waals surface area contributed by atoms with Crippen molar-refractivity contribution in [2.24, 2.45) is 0 Å². The van der Waals surface area contributed by atoms with Crippen LogP contribution in [-0.2, 0) is 39.9 Å². The molecule has 12 nitrogen and oxygen atoms in total. The summed E-state index contributed by atoms with van der Waals surface area (Å²) in [5, 5.41) is 12.4. The molecule has 2 aliphatic rings. The molecule has 1 aromatic carbocycles. The van der Waals surface area contributed by atoms with Gasteiger partial charge in [-0.15, -0.1) is 33.6 Å². The van der Waals surface area contributed by atoms with Crippen molar-refractivity contribution in [3.05, 3.63) is 46.0 Å². The summed E-state index contributed by atoms with van der Waals surface area (Å²) in [4.78, 5) is 55.4. The smallest absolute Gasteiger partial charge is 0.329 e. The van der Waals surface area contributed by atoms with E-state index in [0.717, 1.165) is 17.1 Å². The Kier molecular flexibility index (Phi) is 12.8. The molecule has 14 heteroatoms. The first kappa shape index (κ1) is 32.0. The summed E-state index contributed by atoms with van der Waals surface area (Å²) < 4.78 is 15.6. The average molecular weight is 600 g/mol. The minimum Gasteiger partial charge on any atom is -0.465 e. The van der Waals surface area contributed by atoms with E-state index in [4.69, 9.17) is 14.2 Å². The number of carbonyl (C=O) groups excluding carboxylic acids is 3. The lowest BCUT2D eigenvalue weighted by molar-refractivity contribution is -0.758. The Hall–Kier alpha value is -2.55. The van der Waals surface area contributed by atoms with Crippen LogP contribution in [0.15, 0.2) is 30.3 Å². The zero-order chi connectivity index (χ0) is 29.0. The van der Waals surface area contributed by atoms with Crippen LogP contribution in [0.5, 0.6) is 0 Å². The van der Waals surface area contributed by atoms with Crippen LogP contribution in [0.1, 0.15) is 32.3 Å². The molecule has 2 aliphatic heterocycles. The van der Waals surface area contributed by atoms with E-state index < -0.39 is 35.2 Å². The monoisotopic (exact) mass is 599 g/mol. The van der Waals surface area contributed by atoms with Crippen molar-refractivity contribution in [1.82, 2.24) is 10.2 Å². The molecule has 0 radical (unpaired) electrons. The maximum absolute atomic E-state index is 13.7. The molecule has 0 bridgehead atoms. The van der Waals surface area contributed by atoms with Gasteiger partial charge in [0.15, 0.2) is 0 Å². The zero-order valence-electron chi connectivity index (χ0n) is 22.8. The second-order valence-corrected chi connectivity index (χ2v) is 12.6. The number of likely N-dealkylation sites (tertiary alicyclic amines) is 1. The fourth-order valence-corrected chi connectivity index (χ4v) is 7.90. The van der Waals surface area contributed by atoms with Crippen molar-refractivity contribution < 1.29 is 38.5 Å². The Morgan fingerprint density at radius 1 is 1.12 bits per heavy atom. The van der Waals surface area contributed by atoms with Crippen LogP contribution in [0.2, 0.25) is 0 Å². The van der Waals surface area contributed by atoms with Crippen molar-refractivity contribution >= 4 is 41.4 Å². The molecule has 2 fully saturated rings. The molecule has 1 amide bonds. The summed E-state index contributed by atoms with van der Waals surface area (Å²) in [5.41, 5.74) is 1.08. The molecule has 40 heavy (non-hydrogen) atoms. The van der Waals surface area contributed by atoms with Gasteiger partial charge in [0.1, 0.15) is 25.3 Å². The number of amides is 1. The number of benzene rings is 1. The van der Waals surface area contributed by atoms with Gasteiger partial charge in [0, 0.05) is 24.5 Å². The number of thioether (sulfide) groups is 2. The number of rotatable bonds is 16. The van der Waals surface area contributed by atoms with Gasteiger partial charge in [-0.1, -0.05) is 30.3 Å². The molecule has 0 aromatic heterocycles. The summed E-state index contributed by atoms with van der Waals surface area (Å²) in [6.45, 7) is 3.82. The normalized spacial score (nSPS) is 19.2. The lowest BCUT2D eigenvalue weighted by atomic mass is 10.0. The Morgan fingerprint density at radius 3 is 2.50 bits per heavy atom. The Bertz CT molecular complexity index is 995. The topological polar surface area (TPSA) is 147 Å². The van der Waals surface area contributed by atoms with Crippen molar-refractivity contribution in [2.45, 2.75) is 55.3 Å². The van der Waals surface area contributed by atoms with Gasteiger partial charge in [-0.3, -0.25) is 14.9 Å². The number of aryl methyl sites for hydroxylation is 1. The number of hydrogen-bond donors (Lipinski definition) is 1. The number of nitrogens with one attached hydrogen (secondary N) is 1. The van der Waals surface area contributed by atoms with Gasteiger partial charge in [0.25, 0.3) is 5.09 Å². The SMILES string of the molecule is CCOC(=O)C(CCc1ccccc1)NC(C)C(=O)N1CC2(CC1C(=O)OCCOCCO[N+](=O)[O-])SCCS2. The van der Waals surface area contributed by atoms with Crippen LogP contribution >= 0.6 is 23.5 Å². The Labute approximate surface area is 242 Å². The molecule has 1 aromatic rings. The van der Waals surface area contributed by atoms with Crippen LogP contribution in [0.3, 0.4) is 0 Å². The standard InChI is InChI=1S/C26H37N3O9S2/c1-3-36-24(31)21(10-9-20-7-5-4-6-8-20)27-19(2)23(30)28-18-26(39-15-16-40-26)17-22(28)25(32)37-13-11-35-12-14-38-29(33)34/h4-8,19,21-22,27H,3,9-18H2,1-2H3. The van der Waals surface area contributed by atoms with Crippen molar-refractivity contribution in [1.29, 1.82) is 0 Å². The minimum absolute atomic E-state index is 0.0158. The first-order chi connectivity index (χ1) is 19.2. The third-order valence-corrected chi connectivity index (χ3v) is 9.94. The number of carbonyl (C=O) groups is 3. The molecule has 3 rings (SSSR count).